The molecule has 0 saturated carbocycles. The summed E-state index contributed by atoms with van der Waals surface area (Å²) in [7, 11) is 1.68. The number of amides is 1. The minimum absolute atomic E-state index is 0.325. The highest BCUT2D eigenvalue weighted by molar-refractivity contribution is 7.87. The Bertz CT molecular complexity index is 1310. The van der Waals surface area contributed by atoms with Crippen LogP contribution >= 0.6 is 0 Å². The van der Waals surface area contributed by atoms with E-state index in [4.69, 9.17) is 4.74 Å². The molecule has 0 spiro atoms. The van der Waals surface area contributed by atoms with Crippen molar-refractivity contribution in [2.75, 3.05) is 26.9 Å². The highest BCUT2D eigenvalue weighted by Gasteiger charge is 2.15. The lowest BCUT2D eigenvalue weighted by atomic mass is 10.1. The van der Waals surface area contributed by atoms with Crippen LogP contribution in [-0.4, -0.2) is 27.9 Å². The van der Waals surface area contributed by atoms with E-state index in [9.17, 15) is 14.2 Å². The van der Waals surface area contributed by atoms with Gasteiger partial charge in [0.05, 0.1) is 11.4 Å². The molecule has 0 fully saturated rings. The van der Waals surface area contributed by atoms with Gasteiger partial charge in [-0.1, -0.05) is 42.5 Å². The predicted octanol–water partition coefficient (Wildman–Crippen LogP) is 4.52. The Balaban J connectivity index is 1.53. The molecule has 168 valence electrons. The van der Waals surface area contributed by atoms with Crippen LogP contribution in [0, 0.1) is 0 Å². The normalized spacial score (nSPS) is 11.5. The lowest BCUT2D eigenvalue weighted by Crippen LogP contribution is -2.26. The molecule has 1 atom stereocenters. The first-order chi connectivity index (χ1) is 16.1. The van der Waals surface area contributed by atoms with Crippen LogP contribution in [0.3, 0.4) is 0 Å². The molecular weight excluding hydrogens is 442 g/mol. The van der Waals surface area contributed by atoms with E-state index in [0.29, 0.717) is 45.3 Å². The first kappa shape index (κ1) is 22.1. The van der Waals surface area contributed by atoms with Gasteiger partial charge >= 0.3 is 0 Å². The molecule has 0 bridgehead atoms. The minimum atomic E-state index is -1.98. The third-order valence-corrected chi connectivity index (χ3v) is 5.68. The number of pyridine rings is 1. The van der Waals surface area contributed by atoms with E-state index in [1.807, 2.05) is 30.3 Å². The Kier molecular flexibility index (Phi) is 6.67. The fourth-order valence-electron chi connectivity index (χ4n) is 3.29. The maximum Gasteiger partial charge on any atom is 0.247 e. The van der Waals surface area contributed by atoms with E-state index < -0.39 is 11.2 Å². The average molecular weight is 464 g/mol. The number of nitrogens with one attached hydrogen (secondary N) is 3. The zero-order valence-electron chi connectivity index (χ0n) is 17.6. The number of ether oxygens (including phenoxy) is 1. The third-order valence-electron chi connectivity index (χ3n) is 4.76. The predicted molar refractivity (Wildman–Crippen MR) is 130 cm³/mol. The Morgan fingerprint density at radius 2 is 1.85 bits per heavy atom. The van der Waals surface area contributed by atoms with Gasteiger partial charge in [-0.05, 0) is 23.6 Å². The van der Waals surface area contributed by atoms with E-state index in [1.54, 1.807) is 49.5 Å². The fourth-order valence-corrected chi connectivity index (χ4v) is 4.05. The molecule has 1 aromatic heterocycles. The van der Waals surface area contributed by atoms with Crippen molar-refractivity contribution in [1.82, 2.24) is 4.98 Å². The largest absolute Gasteiger partial charge is 0.455 e. The van der Waals surface area contributed by atoms with Crippen molar-refractivity contribution in [2.45, 2.75) is 0 Å². The highest BCUT2D eigenvalue weighted by atomic mass is 32.2. The van der Waals surface area contributed by atoms with Gasteiger partial charge in [0.25, 0.3) is 0 Å². The SMILES string of the molecule is CNc1c(Oc2cccc(NS(=O)N(O)c3cccc4ccccc34)c2)ccnc1NC=O. The van der Waals surface area contributed by atoms with Crippen molar-refractivity contribution >= 4 is 51.2 Å². The van der Waals surface area contributed by atoms with Gasteiger partial charge in [-0.2, -0.15) is 4.47 Å². The van der Waals surface area contributed by atoms with Crippen LogP contribution in [0.4, 0.5) is 22.9 Å². The van der Waals surface area contributed by atoms with Crippen LogP contribution in [0.5, 0.6) is 11.5 Å². The molecule has 1 amide bonds. The van der Waals surface area contributed by atoms with Gasteiger partial charge in [-0.25, -0.2) is 9.19 Å². The number of rotatable bonds is 9. The van der Waals surface area contributed by atoms with E-state index in [0.717, 1.165) is 10.8 Å². The number of hydrogen-bond donors (Lipinski definition) is 4. The van der Waals surface area contributed by atoms with Crippen LogP contribution < -0.4 is 24.6 Å². The number of nitrogens with zero attached hydrogens (tertiary/aromatic N) is 2. The van der Waals surface area contributed by atoms with Crippen LogP contribution in [0.25, 0.3) is 10.8 Å². The molecule has 33 heavy (non-hydrogen) atoms. The lowest BCUT2D eigenvalue weighted by molar-refractivity contribution is -0.105. The van der Waals surface area contributed by atoms with Gasteiger partial charge in [-0.15, -0.1) is 0 Å². The quantitative estimate of drug-likeness (QED) is 0.214. The van der Waals surface area contributed by atoms with Crippen LogP contribution in [0.1, 0.15) is 0 Å². The van der Waals surface area contributed by atoms with Crippen LogP contribution in [0.2, 0.25) is 0 Å². The Morgan fingerprint density at radius 1 is 1.06 bits per heavy atom. The number of hydrogen-bond acceptors (Lipinski definition) is 6. The van der Waals surface area contributed by atoms with Crippen LogP contribution in [-0.2, 0) is 16.0 Å². The second kappa shape index (κ2) is 9.98. The van der Waals surface area contributed by atoms with Crippen molar-refractivity contribution < 1.29 is 18.9 Å². The second-order valence-electron chi connectivity index (χ2n) is 6.80. The summed E-state index contributed by atoms with van der Waals surface area (Å²) in [5.74, 6) is 1.22. The summed E-state index contributed by atoms with van der Waals surface area (Å²) in [6.45, 7) is 0. The first-order valence-corrected chi connectivity index (χ1v) is 11.0. The third kappa shape index (κ3) is 4.86. The Morgan fingerprint density at radius 3 is 2.67 bits per heavy atom. The Labute approximate surface area is 192 Å². The van der Waals surface area contributed by atoms with E-state index in [1.165, 1.54) is 6.20 Å². The summed E-state index contributed by atoms with van der Waals surface area (Å²) in [6.07, 6.45) is 2.04. The zero-order valence-corrected chi connectivity index (χ0v) is 18.4. The second-order valence-corrected chi connectivity index (χ2v) is 7.85. The molecule has 1 unspecified atom stereocenters. The monoisotopic (exact) mass is 463 g/mol. The van der Waals surface area contributed by atoms with Gasteiger partial charge in [0.15, 0.2) is 11.6 Å². The molecule has 4 rings (SSSR count). The maximum atomic E-state index is 12.8. The summed E-state index contributed by atoms with van der Waals surface area (Å²) in [5, 5.41) is 17.7. The molecule has 0 radical (unpaired) electrons. The maximum absolute atomic E-state index is 12.8. The van der Waals surface area contributed by atoms with Gasteiger partial charge < -0.3 is 15.4 Å². The molecule has 0 aliphatic heterocycles. The summed E-state index contributed by atoms with van der Waals surface area (Å²) in [6, 6.07) is 21.3. The van der Waals surface area contributed by atoms with Gasteiger partial charge in [0.2, 0.25) is 17.6 Å². The molecule has 0 aliphatic carbocycles. The van der Waals surface area contributed by atoms with Gasteiger partial charge in [-0.3, -0.25) is 14.7 Å². The molecular formula is C23H21N5O4S. The van der Waals surface area contributed by atoms with Crippen molar-refractivity contribution in [3.63, 3.8) is 0 Å². The van der Waals surface area contributed by atoms with Crippen molar-refractivity contribution in [2.24, 2.45) is 0 Å². The average Bonchev–Trinajstić information content (AvgIpc) is 2.84. The van der Waals surface area contributed by atoms with E-state index in [-0.39, 0.29) is 0 Å². The van der Waals surface area contributed by atoms with Gasteiger partial charge in [0.1, 0.15) is 11.4 Å². The number of carbonyl (C=O) groups excluding carboxylic acids is 1. The molecule has 10 heteroatoms. The molecule has 9 nitrogen and oxygen atoms in total. The molecule has 1 heterocycles. The summed E-state index contributed by atoms with van der Waals surface area (Å²) in [4.78, 5) is 14.9. The van der Waals surface area contributed by atoms with Gasteiger partial charge in [0, 0.05) is 30.8 Å². The summed E-state index contributed by atoms with van der Waals surface area (Å²) >= 11 is -1.98. The van der Waals surface area contributed by atoms with Crippen molar-refractivity contribution in [3.8, 4) is 11.5 Å². The number of carbonyl (C=O) groups is 1. The minimum Gasteiger partial charge on any atom is -0.455 e. The highest BCUT2D eigenvalue weighted by Crippen LogP contribution is 2.34. The standard InChI is InChI=1S/C23H21N5O4S/c1-24-22-21(12-13-25-23(22)26-15-29)32-18-9-5-8-17(14-18)27-33(31)28(30)20-11-4-7-16-6-2-3-10-19(16)20/h2-15,24,27,30H,1H3,(H,25,26,29). The van der Waals surface area contributed by atoms with E-state index in [2.05, 4.69) is 20.3 Å². The molecule has 0 saturated heterocycles. The molecule has 4 N–H and O–H groups in total. The smallest absolute Gasteiger partial charge is 0.247 e. The number of benzene rings is 3. The van der Waals surface area contributed by atoms with Crippen LogP contribution in [0.15, 0.2) is 79.0 Å². The molecule has 3 aromatic carbocycles. The van der Waals surface area contributed by atoms with Crippen molar-refractivity contribution in [3.05, 3.63) is 79.0 Å². The molecule has 0 aliphatic rings. The summed E-state index contributed by atoms with van der Waals surface area (Å²) in [5.41, 5.74) is 1.39. The first-order valence-electron chi connectivity index (χ1n) is 9.91. The zero-order chi connectivity index (χ0) is 23.2. The van der Waals surface area contributed by atoms with Crippen molar-refractivity contribution in [1.29, 1.82) is 0 Å². The number of aromatic nitrogens is 1. The number of anilines is 4. The Hall–Kier alpha value is -4.15. The summed E-state index contributed by atoms with van der Waals surface area (Å²) < 4.78 is 22.2. The topological polar surface area (TPSA) is 116 Å². The fraction of sp³-hybridized carbons (Fsp3) is 0.0435. The molecule has 4 aromatic rings. The lowest BCUT2D eigenvalue weighted by Gasteiger charge is -2.19. The van der Waals surface area contributed by atoms with E-state index >= 15 is 0 Å². The number of fused-ring (bicyclic) bond motifs is 1.